The van der Waals surface area contributed by atoms with E-state index in [1.165, 1.54) is 5.56 Å². The second-order valence-electron chi connectivity index (χ2n) is 6.23. The monoisotopic (exact) mass is 277 g/mol. The van der Waals surface area contributed by atoms with Crippen molar-refractivity contribution < 1.29 is 4.74 Å². The molecule has 2 N–H and O–H groups in total. The van der Waals surface area contributed by atoms with Gasteiger partial charge in [0.1, 0.15) is 5.75 Å². The Labute approximate surface area is 122 Å². The SMILES string of the molecule is COc1cccc(C(CN)N2CCN(C)C(C)(C)C2)c1. The van der Waals surface area contributed by atoms with Crippen molar-refractivity contribution in [3.05, 3.63) is 29.8 Å². The first-order valence-electron chi connectivity index (χ1n) is 7.27. The predicted molar refractivity (Wildman–Crippen MR) is 83.1 cm³/mol. The fourth-order valence-corrected chi connectivity index (χ4v) is 2.89. The molecule has 0 radical (unpaired) electrons. The normalized spacial score (nSPS) is 21.6. The van der Waals surface area contributed by atoms with Gasteiger partial charge in [-0.25, -0.2) is 0 Å². The lowest BCUT2D eigenvalue weighted by atomic mass is 9.96. The van der Waals surface area contributed by atoms with Crippen LogP contribution in [0, 0.1) is 0 Å². The Morgan fingerprint density at radius 1 is 1.35 bits per heavy atom. The highest BCUT2D eigenvalue weighted by molar-refractivity contribution is 5.31. The first-order chi connectivity index (χ1) is 9.47. The zero-order valence-electron chi connectivity index (χ0n) is 13.1. The molecule has 1 unspecified atom stereocenters. The number of hydrogen-bond donors (Lipinski definition) is 1. The van der Waals surface area contributed by atoms with Crippen molar-refractivity contribution in [2.24, 2.45) is 5.73 Å². The Balaban J connectivity index is 2.19. The van der Waals surface area contributed by atoms with Gasteiger partial charge in [-0.3, -0.25) is 9.80 Å². The molecule has 1 atom stereocenters. The molecule has 112 valence electrons. The van der Waals surface area contributed by atoms with Gasteiger partial charge in [-0.05, 0) is 38.6 Å². The molecule has 1 heterocycles. The number of benzene rings is 1. The molecule has 0 bridgehead atoms. The lowest BCUT2D eigenvalue weighted by Crippen LogP contribution is -2.58. The second kappa shape index (κ2) is 6.12. The van der Waals surface area contributed by atoms with Gasteiger partial charge in [-0.15, -0.1) is 0 Å². The molecule has 1 aliphatic heterocycles. The number of ether oxygens (including phenoxy) is 1. The van der Waals surface area contributed by atoms with E-state index in [1.54, 1.807) is 7.11 Å². The Morgan fingerprint density at radius 3 is 2.70 bits per heavy atom. The molecular formula is C16H27N3O. The molecule has 2 rings (SSSR count). The van der Waals surface area contributed by atoms with Crippen LogP contribution in [-0.2, 0) is 0 Å². The highest BCUT2D eigenvalue weighted by atomic mass is 16.5. The lowest BCUT2D eigenvalue weighted by molar-refractivity contribution is 0.0180. The van der Waals surface area contributed by atoms with Gasteiger partial charge in [0.05, 0.1) is 7.11 Å². The van der Waals surface area contributed by atoms with Crippen molar-refractivity contribution in [2.75, 3.05) is 40.3 Å². The first kappa shape index (κ1) is 15.3. The van der Waals surface area contributed by atoms with E-state index in [4.69, 9.17) is 10.5 Å². The molecule has 1 saturated heterocycles. The van der Waals surface area contributed by atoms with Crippen LogP contribution in [0.15, 0.2) is 24.3 Å². The zero-order valence-corrected chi connectivity index (χ0v) is 13.1. The summed E-state index contributed by atoms with van der Waals surface area (Å²) >= 11 is 0. The first-order valence-corrected chi connectivity index (χ1v) is 7.27. The van der Waals surface area contributed by atoms with Gasteiger partial charge < -0.3 is 10.5 Å². The van der Waals surface area contributed by atoms with Crippen LogP contribution in [0.4, 0.5) is 0 Å². The summed E-state index contributed by atoms with van der Waals surface area (Å²) in [4.78, 5) is 4.91. The van der Waals surface area contributed by atoms with E-state index in [-0.39, 0.29) is 11.6 Å². The summed E-state index contributed by atoms with van der Waals surface area (Å²) < 4.78 is 5.33. The molecule has 0 spiro atoms. The van der Waals surface area contributed by atoms with E-state index < -0.39 is 0 Å². The fourth-order valence-electron chi connectivity index (χ4n) is 2.89. The Morgan fingerprint density at radius 2 is 2.10 bits per heavy atom. The molecule has 0 aromatic heterocycles. The highest BCUT2D eigenvalue weighted by Gasteiger charge is 2.34. The summed E-state index contributed by atoms with van der Waals surface area (Å²) in [5.74, 6) is 0.898. The van der Waals surface area contributed by atoms with E-state index in [9.17, 15) is 0 Å². The van der Waals surface area contributed by atoms with Gasteiger partial charge in [0.2, 0.25) is 0 Å². The lowest BCUT2D eigenvalue weighted by Gasteiger charge is -2.48. The van der Waals surface area contributed by atoms with Gasteiger partial charge in [-0.2, -0.15) is 0 Å². The van der Waals surface area contributed by atoms with Gasteiger partial charge in [-0.1, -0.05) is 12.1 Å². The summed E-state index contributed by atoms with van der Waals surface area (Å²) in [5, 5.41) is 0. The molecule has 1 fully saturated rings. The summed E-state index contributed by atoms with van der Waals surface area (Å²) in [5.41, 5.74) is 7.48. The van der Waals surface area contributed by atoms with Crippen LogP contribution in [0.2, 0.25) is 0 Å². The highest BCUT2D eigenvalue weighted by Crippen LogP contribution is 2.28. The number of likely N-dealkylation sites (N-methyl/N-ethyl adjacent to an activating group) is 1. The molecule has 4 nitrogen and oxygen atoms in total. The third kappa shape index (κ3) is 3.14. The van der Waals surface area contributed by atoms with Crippen LogP contribution in [0.1, 0.15) is 25.5 Å². The number of rotatable bonds is 4. The second-order valence-corrected chi connectivity index (χ2v) is 6.23. The van der Waals surface area contributed by atoms with Crippen LogP contribution in [0.5, 0.6) is 5.75 Å². The van der Waals surface area contributed by atoms with Crippen molar-refractivity contribution in [1.82, 2.24) is 9.80 Å². The summed E-state index contributed by atoms with van der Waals surface area (Å²) in [6.07, 6.45) is 0. The maximum absolute atomic E-state index is 6.05. The van der Waals surface area contributed by atoms with Crippen molar-refractivity contribution in [1.29, 1.82) is 0 Å². The molecule has 1 aromatic carbocycles. The van der Waals surface area contributed by atoms with Crippen LogP contribution >= 0.6 is 0 Å². The molecule has 0 saturated carbocycles. The van der Waals surface area contributed by atoms with Gasteiger partial charge in [0, 0.05) is 37.8 Å². The summed E-state index contributed by atoms with van der Waals surface area (Å²) in [7, 11) is 3.90. The van der Waals surface area contributed by atoms with E-state index in [0.717, 1.165) is 25.4 Å². The quantitative estimate of drug-likeness (QED) is 0.910. The van der Waals surface area contributed by atoms with E-state index in [1.807, 2.05) is 12.1 Å². The number of hydrogen-bond acceptors (Lipinski definition) is 4. The van der Waals surface area contributed by atoms with Crippen LogP contribution in [0.3, 0.4) is 0 Å². The van der Waals surface area contributed by atoms with Crippen molar-refractivity contribution >= 4 is 0 Å². The Hall–Kier alpha value is -1.10. The largest absolute Gasteiger partial charge is 0.497 e. The van der Waals surface area contributed by atoms with Crippen molar-refractivity contribution in [3.8, 4) is 5.75 Å². The number of nitrogens with two attached hydrogens (primary N) is 1. The number of piperazine rings is 1. The topological polar surface area (TPSA) is 41.7 Å². The van der Waals surface area contributed by atoms with Crippen LogP contribution < -0.4 is 10.5 Å². The maximum Gasteiger partial charge on any atom is 0.119 e. The van der Waals surface area contributed by atoms with Gasteiger partial charge in [0.15, 0.2) is 0 Å². The fraction of sp³-hybridized carbons (Fsp3) is 0.625. The maximum atomic E-state index is 6.05. The smallest absolute Gasteiger partial charge is 0.119 e. The molecule has 1 aliphatic rings. The summed E-state index contributed by atoms with van der Waals surface area (Å²) in [6.45, 7) is 8.37. The molecule has 20 heavy (non-hydrogen) atoms. The summed E-state index contributed by atoms with van der Waals surface area (Å²) in [6, 6.07) is 8.52. The predicted octanol–water partition coefficient (Wildman–Crippen LogP) is 1.72. The molecular weight excluding hydrogens is 250 g/mol. The van der Waals surface area contributed by atoms with Gasteiger partial charge >= 0.3 is 0 Å². The van der Waals surface area contributed by atoms with Crippen LogP contribution in [-0.4, -0.2) is 55.7 Å². The standard InChI is InChI=1S/C16H27N3O/c1-16(2)12-19(9-8-18(16)3)15(11-17)13-6-5-7-14(10-13)20-4/h5-7,10,15H,8-9,11-12,17H2,1-4H3. The minimum Gasteiger partial charge on any atom is -0.497 e. The molecule has 1 aromatic rings. The molecule has 0 amide bonds. The van der Waals surface area contributed by atoms with E-state index in [0.29, 0.717) is 6.54 Å². The number of nitrogens with zero attached hydrogens (tertiary/aromatic N) is 2. The third-order valence-electron chi connectivity index (χ3n) is 4.49. The molecule has 4 heteroatoms. The average molecular weight is 277 g/mol. The van der Waals surface area contributed by atoms with E-state index in [2.05, 4.69) is 42.8 Å². The van der Waals surface area contributed by atoms with Gasteiger partial charge in [0.25, 0.3) is 0 Å². The minimum absolute atomic E-state index is 0.185. The Kier molecular flexibility index (Phi) is 4.68. The Bertz CT molecular complexity index is 447. The van der Waals surface area contributed by atoms with Crippen LogP contribution in [0.25, 0.3) is 0 Å². The third-order valence-corrected chi connectivity index (χ3v) is 4.49. The van der Waals surface area contributed by atoms with Crippen molar-refractivity contribution in [3.63, 3.8) is 0 Å². The van der Waals surface area contributed by atoms with E-state index >= 15 is 0 Å². The zero-order chi connectivity index (χ0) is 14.8. The minimum atomic E-state index is 0.185. The van der Waals surface area contributed by atoms with Crippen molar-refractivity contribution in [2.45, 2.75) is 25.4 Å². The molecule has 0 aliphatic carbocycles. The number of methoxy groups -OCH3 is 1. The average Bonchev–Trinajstić information content (AvgIpc) is 2.43.